The third kappa shape index (κ3) is 6.07. The molecule has 0 unspecified atom stereocenters. The number of amides is 1. The normalized spacial score (nSPS) is 14.5. The van der Waals surface area contributed by atoms with Crippen LogP contribution in [0.3, 0.4) is 0 Å². The maximum Gasteiger partial charge on any atom is 0.264 e. The first-order valence-corrected chi connectivity index (χ1v) is 13.4. The molecule has 10 heteroatoms. The molecule has 0 fully saturated rings. The second kappa shape index (κ2) is 10.8. The molecule has 0 atom stereocenters. The van der Waals surface area contributed by atoms with Crippen molar-refractivity contribution in [1.82, 2.24) is 14.5 Å². The van der Waals surface area contributed by atoms with Crippen molar-refractivity contribution in [3.05, 3.63) is 81.6 Å². The highest BCUT2D eigenvalue weighted by Crippen LogP contribution is 2.32. The van der Waals surface area contributed by atoms with Gasteiger partial charge < -0.3 is 4.74 Å². The number of benzene rings is 2. The van der Waals surface area contributed by atoms with E-state index < -0.39 is 15.9 Å². The predicted molar refractivity (Wildman–Crippen MR) is 136 cm³/mol. The maximum absolute atomic E-state index is 12.5. The molecule has 3 aromatic rings. The summed E-state index contributed by atoms with van der Waals surface area (Å²) in [4.78, 5) is 12.4. The van der Waals surface area contributed by atoms with Crippen molar-refractivity contribution in [2.24, 2.45) is 0 Å². The van der Waals surface area contributed by atoms with Gasteiger partial charge in [-0.15, -0.1) is 0 Å². The smallest absolute Gasteiger partial charge is 0.264 e. The lowest BCUT2D eigenvalue weighted by atomic mass is 9.92. The van der Waals surface area contributed by atoms with Gasteiger partial charge in [-0.25, -0.2) is 13.1 Å². The van der Waals surface area contributed by atoms with E-state index in [9.17, 15) is 13.2 Å². The maximum atomic E-state index is 12.5. The number of methoxy groups -OCH3 is 1. The van der Waals surface area contributed by atoms with Crippen molar-refractivity contribution in [3.63, 3.8) is 0 Å². The van der Waals surface area contributed by atoms with Crippen LogP contribution in [0, 0.1) is 0 Å². The monoisotopic (exact) mass is 533 g/mol. The highest BCUT2D eigenvalue weighted by molar-refractivity contribution is 7.90. The Kier molecular flexibility index (Phi) is 7.84. The summed E-state index contributed by atoms with van der Waals surface area (Å²) < 4.78 is 34.1. The zero-order chi connectivity index (χ0) is 25.0. The summed E-state index contributed by atoms with van der Waals surface area (Å²) in [6.07, 6.45) is 7.11. The lowest BCUT2D eigenvalue weighted by Gasteiger charge is -2.18. The van der Waals surface area contributed by atoms with Crippen LogP contribution in [0.4, 0.5) is 0 Å². The van der Waals surface area contributed by atoms with Gasteiger partial charge in [-0.2, -0.15) is 5.10 Å². The molecule has 35 heavy (non-hydrogen) atoms. The lowest BCUT2D eigenvalue weighted by molar-refractivity contribution is -0.119. The van der Waals surface area contributed by atoms with Gasteiger partial charge in [0.2, 0.25) is 5.91 Å². The number of halogens is 2. The molecule has 4 rings (SSSR count). The standard InChI is InChI=1S/C25H25Cl2N3O4S/c1-34-21-10-12-22(13-11-21)35(32,33)29-24(31)7-3-5-17-4-2-6-18-15-28-30(25(17)18)16-19-8-9-20(26)14-23(19)27/h5,8-15H,2-4,6-7,16H2,1H3,(H,29,31)/b17-5+. The van der Waals surface area contributed by atoms with E-state index >= 15 is 0 Å². The molecule has 0 aliphatic heterocycles. The number of nitrogens with zero attached hydrogens (tertiary/aromatic N) is 2. The quantitative estimate of drug-likeness (QED) is 0.426. The second-order valence-electron chi connectivity index (χ2n) is 8.24. The number of hydrogen-bond acceptors (Lipinski definition) is 5. The van der Waals surface area contributed by atoms with Gasteiger partial charge in [-0.1, -0.05) is 35.3 Å². The van der Waals surface area contributed by atoms with Crippen molar-refractivity contribution in [3.8, 4) is 5.75 Å². The Morgan fingerprint density at radius 3 is 2.66 bits per heavy atom. The van der Waals surface area contributed by atoms with Gasteiger partial charge in [-0.3, -0.25) is 9.48 Å². The van der Waals surface area contributed by atoms with Gasteiger partial charge in [0.05, 0.1) is 30.4 Å². The molecule has 1 aromatic heterocycles. The Morgan fingerprint density at radius 2 is 1.94 bits per heavy atom. The highest BCUT2D eigenvalue weighted by Gasteiger charge is 2.21. The van der Waals surface area contributed by atoms with Crippen LogP contribution in [0.5, 0.6) is 5.75 Å². The molecule has 2 aromatic carbocycles. The minimum absolute atomic E-state index is 0.00619. The third-order valence-corrected chi connectivity index (χ3v) is 7.80. The molecule has 0 radical (unpaired) electrons. The molecule has 1 aliphatic rings. The molecule has 0 saturated carbocycles. The molecular formula is C25H25Cl2N3O4S. The van der Waals surface area contributed by atoms with Gasteiger partial charge >= 0.3 is 0 Å². The van der Waals surface area contributed by atoms with Gasteiger partial charge in [0.25, 0.3) is 10.0 Å². The number of aromatic nitrogens is 2. The van der Waals surface area contributed by atoms with Crippen molar-refractivity contribution in [1.29, 1.82) is 0 Å². The molecule has 1 aliphatic carbocycles. The van der Waals surface area contributed by atoms with Crippen molar-refractivity contribution < 1.29 is 17.9 Å². The van der Waals surface area contributed by atoms with Crippen LogP contribution in [-0.2, 0) is 27.8 Å². The molecule has 1 heterocycles. The van der Waals surface area contributed by atoms with Crippen molar-refractivity contribution >= 4 is 44.7 Å². The summed E-state index contributed by atoms with van der Waals surface area (Å²) in [5.74, 6) is -0.0264. The summed E-state index contributed by atoms with van der Waals surface area (Å²) in [5, 5.41) is 5.72. The summed E-state index contributed by atoms with van der Waals surface area (Å²) >= 11 is 12.4. The molecule has 0 spiro atoms. The fourth-order valence-electron chi connectivity index (χ4n) is 4.09. The van der Waals surface area contributed by atoms with Crippen LogP contribution < -0.4 is 9.46 Å². The van der Waals surface area contributed by atoms with E-state index in [0.29, 0.717) is 28.8 Å². The molecule has 0 bridgehead atoms. The average molecular weight is 534 g/mol. The molecule has 7 nitrogen and oxygen atoms in total. The number of rotatable bonds is 8. The lowest BCUT2D eigenvalue weighted by Crippen LogP contribution is -2.30. The summed E-state index contributed by atoms with van der Waals surface area (Å²) in [7, 11) is -2.44. The molecule has 1 amide bonds. The Hall–Kier alpha value is -2.81. The third-order valence-electron chi connectivity index (χ3n) is 5.83. The summed E-state index contributed by atoms with van der Waals surface area (Å²) in [6.45, 7) is 0.503. The average Bonchev–Trinajstić information content (AvgIpc) is 3.24. The zero-order valence-electron chi connectivity index (χ0n) is 19.1. The van der Waals surface area contributed by atoms with Crippen LogP contribution in [0.25, 0.3) is 5.57 Å². The first-order chi connectivity index (χ1) is 16.8. The van der Waals surface area contributed by atoms with E-state index in [1.54, 1.807) is 12.1 Å². The minimum Gasteiger partial charge on any atom is -0.497 e. The number of fused-ring (bicyclic) bond motifs is 1. The SMILES string of the molecule is COc1ccc(S(=O)(=O)NC(=O)CC/C=C2\CCCc3cnn(Cc4ccc(Cl)cc4Cl)c32)cc1. The van der Waals surface area contributed by atoms with Gasteiger partial charge in [0, 0.05) is 16.5 Å². The van der Waals surface area contributed by atoms with E-state index in [2.05, 4.69) is 9.82 Å². The number of ether oxygens (including phenoxy) is 1. The molecule has 184 valence electrons. The number of carbonyl (C=O) groups excluding carboxylic acids is 1. The number of nitrogens with one attached hydrogen (secondary N) is 1. The number of carbonyl (C=O) groups is 1. The number of allylic oxidation sites excluding steroid dienone is 2. The molecule has 1 N–H and O–H groups in total. The first-order valence-electron chi connectivity index (χ1n) is 11.1. The summed E-state index contributed by atoms with van der Waals surface area (Å²) in [5.41, 5.74) is 4.20. The zero-order valence-corrected chi connectivity index (χ0v) is 21.5. The molecular weight excluding hydrogens is 509 g/mol. The van der Waals surface area contributed by atoms with E-state index in [1.165, 1.54) is 31.4 Å². The van der Waals surface area contributed by atoms with Crippen LogP contribution in [-0.4, -0.2) is 31.2 Å². The first kappa shape index (κ1) is 25.3. The Labute approximate surface area is 214 Å². The van der Waals surface area contributed by atoms with Gasteiger partial charge in [0.1, 0.15) is 5.75 Å². The predicted octanol–water partition coefficient (Wildman–Crippen LogP) is 5.25. The summed E-state index contributed by atoms with van der Waals surface area (Å²) in [6, 6.07) is 11.3. The highest BCUT2D eigenvalue weighted by atomic mass is 35.5. The van der Waals surface area contributed by atoms with Crippen LogP contribution in [0.15, 0.2) is 59.6 Å². The topological polar surface area (TPSA) is 90.3 Å². The van der Waals surface area contributed by atoms with E-state index in [0.717, 1.165) is 41.7 Å². The van der Waals surface area contributed by atoms with E-state index in [4.69, 9.17) is 27.9 Å². The Balaban J connectivity index is 1.43. The number of hydrogen-bond donors (Lipinski definition) is 1. The fourth-order valence-corrected chi connectivity index (χ4v) is 5.57. The van der Waals surface area contributed by atoms with Gasteiger partial charge in [0.15, 0.2) is 0 Å². The Morgan fingerprint density at radius 1 is 1.17 bits per heavy atom. The van der Waals surface area contributed by atoms with Crippen molar-refractivity contribution in [2.75, 3.05) is 7.11 Å². The molecule has 0 saturated heterocycles. The minimum atomic E-state index is -3.94. The van der Waals surface area contributed by atoms with Crippen molar-refractivity contribution in [2.45, 2.75) is 43.5 Å². The fraction of sp³-hybridized carbons (Fsp3) is 0.280. The number of aryl methyl sites for hydroxylation is 1. The van der Waals surface area contributed by atoms with E-state index in [1.807, 2.05) is 23.0 Å². The largest absolute Gasteiger partial charge is 0.497 e. The van der Waals surface area contributed by atoms with Crippen LogP contribution in [0.1, 0.15) is 42.5 Å². The Bertz CT molecular complexity index is 1370. The van der Waals surface area contributed by atoms with E-state index in [-0.39, 0.29) is 11.3 Å². The second-order valence-corrected chi connectivity index (χ2v) is 10.8. The van der Waals surface area contributed by atoms with Crippen LogP contribution >= 0.6 is 23.2 Å². The number of sulfonamides is 1. The van der Waals surface area contributed by atoms with Crippen LogP contribution in [0.2, 0.25) is 10.0 Å². The van der Waals surface area contributed by atoms with Gasteiger partial charge in [-0.05, 0) is 78.8 Å².